The zero-order chi connectivity index (χ0) is 17.8. The summed E-state index contributed by atoms with van der Waals surface area (Å²) in [6.45, 7) is 8.39. The Morgan fingerprint density at radius 2 is 1.56 bits per heavy atom. The van der Waals surface area contributed by atoms with E-state index in [1.807, 2.05) is 20.8 Å². The molecule has 0 radical (unpaired) electrons. The van der Waals surface area contributed by atoms with E-state index in [1.54, 1.807) is 7.05 Å². The van der Waals surface area contributed by atoms with Crippen molar-refractivity contribution >= 4 is 35.8 Å². The molecular formula is C18H37IN4O2. The Hall–Kier alpha value is -0.570. The predicted octanol–water partition coefficient (Wildman–Crippen LogP) is 2.67. The Balaban J connectivity index is 0.00000576. The molecule has 1 aliphatic carbocycles. The Bertz CT molecular complexity index is 389. The maximum Gasteiger partial charge on any atom is 0.225 e. The van der Waals surface area contributed by atoms with Crippen molar-refractivity contribution in [1.82, 2.24) is 16.0 Å². The normalized spacial score (nSPS) is 16.6. The van der Waals surface area contributed by atoms with Crippen molar-refractivity contribution in [2.24, 2.45) is 10.4 Å². The molecule has 0 unspecified atom stereocenters. The first-order valence-corrected chi connectivity index (χ1v) is 9.28. The van der Waals surface area contributed by atoms with Crippen LogP contribution in [0, 0.1) is 5.41 Å². The van der Waals surface area contributed by atoms with E-state index in [9.17, 15) is 4.79 Å². The summed E-state index contributed by atoms with van der Waals surface area (Å²) in [5.41, 5.74) is -0.352. The van der Waals surface area contributed by atoms with E-state index in [0.717, 1.165) is 12.5 Å². The molecular weight excluding hydrogens is 431 g/mol. The van der Waals surface area contributed by atoms with E-state index in [2.05, 4.69) is 20.9 Å². The summed E-state index contributed by atoms with van der Waals surface area (Å²) in [5, 5.41) is 9.35. The van der Waals surface area contributed by atoms with Gasteiger partial charge in [-0.2, -0.15) is 0 Å². The number of amides is 1. The molecule has 25 heavy (non-hydrogen) atoms. The number of carbonyl (C=O) groups excluding carboxylic acids is 1. The lowest BCUT2D eigenvalue weighted by Crippen LogP contribution is -2.44. The summed E-state index contributed by atoms with van der Waals surface area (Å²) < 4.78 is 5.95. The minimum atomic E-state index is -0.352. The molecule has 0 aromatic rings. The number of aliphatic imine (C=N–C) groups is 1. The van der Waals surface area contributed by atoms with Crippen molar-refractivity contribution in [3.05, 3.63) is 0 Å². The second kappa shape index (κ2) is 13.6. The van der Waals surface area contributed by atoms with Crippen LogP contribution < -0.4 is 16.0 Å². The molecule has 6 nitrogen and oxygen atoms in total. The van der Waals surface area contributed by atoms with Gasteiger partial charge in [0.15, 0.2) is 5.96 Å². The van der Waals surface area contributed by atoms with Crippen LogP contribution in [0.2, 0.25) is 0 Å². The number of guanidine groups is 1. The summed E-state index contributed by atoms with van der Waals surface area (Å²) >= 11 is 0. The number of carbonyl (C=O) groups is 1. The maximum absolute atomic E-state index is 11.8. The van der Waals surface area contributed by atoms with Crippen LogP contribution in [0.4, 0.5) is 0 Å². The molecule has 0 saturated heterocycles. The standard InChI is InChI=1S/C18H36N4O2.HI/c1-18(2,3)16(23)20-11-12-21-17(19-4)22-13-14-24-15-9-7-5-6-8-10-15;/h15H,5-14H2,1-4H3,(H,20,23)(H2,19,21,22);1H. The molecule has 0 aromatic carbocycles. The van der Waals surface area contributed by atoms with Crippen molar-refractivity contribution in [3.63, 3.8) is 0 Å². The Labute approximate surface area is 170 Å². The van der Waals surface area contributed by atoms with E-state index >= 15 is 0 Å². The Morgan fingerprint density at radius 1 is 1.00 bits per heavy atom. The zero-order valence-electron chi connectivity index (χ0n) is 16.3. The molecule has 3 N–H and O–H groups in total. The number of halogens is 1. The molecule has 148 valence electrons. The van der Waals surface area contributed by atoms with Gasteiger partial charge in [-0.15, -0.1) is 24.0 Å². The van der Waals surface area contributed by atoms with Gasteiger partial charge in [0, 0.05) is 32.1 Å². The van der Waals surface area contributed by atoms with Crippen LogP contribution in [0.3, 0.4) is 0 Å². The highest BCUT2D eigenvalue weighted by molar-refractivity contribution is 14.0. The number of nitrogens with one attached hydrogen (secondary N) is 3. The van der Waals surface area contributed by atoms with Crippen molar-refractivity contribution in [1.29, 1.82) is 0 Å². The van der Waals surface area contributed by atoms with Gasteiger partial charge in [0.25, 0.3) is 0 Å². The third-order valence-electron chi connectivity index (χ3n) is 4.16. The highest BCUT2D eigenvalue weighted by Crippen LogP contribution is 2.19. The molecule has 0 aliphatic heterocycles. The van der Waals surface area contributed by atoms with Crippen molar-refractivity contribution < 1.29 is 9.53 Å². The summed E-state index contributed by atoms with van der Waals surface area (Å²) in [7, 11) is 1.75. The summed E-state index contributed by atoms with van der Waals surface area (Å²) in [6.07, 6.45) is 8.10. The lowest BCUT2D eigenvalue weighted by atomic mass is 9.96. The van der Waals surface area contributed by atoms with E-state index in [-0.39, 0.29) is 35.3 Å². The fourth-order valence-electron chi connectivity index (χ4n) is 2.65. The number of rotatable bonds is 7. The van der Waals surface area contributed by atoms with Gasteiger partial charge >= 0.3 is 0 Å². The highest BCUT2D eigenvalue weighted by atomic mass is 127. The van der Waals surface area contributed by atoms with Crippen LogP contribution in [0.25, 0.3) is 0 Å². The van der Waals surface area contributed by atoms with Gasteiger partial charge in [0.05, 0.1) is 12.7 Å². The van der Waals surface area contributed by atoms with Crippen LogP contribution in [0.1, 0.15) is 59.3 Å². The predicted molar refractivity (Wildman–Crippen MR) is 115 cm³/mol. The van der Waals surface area contributed by atoms with E-state index in [0.29, 0.717) is 25.8 Å². The molecule has 0 spiro atoms. The average Bonchev–Trinajstić information content (AvgIpc) is 2.81. The smallest absolute Gasteiger partial charge is 0.225 e. The van der Waals surface area contributed by atoms with Crippen molar-refractivity contribution in [2.45, 2.75) is 65.4 Å². The second-order valence-corrected chi connectivity index (χ2v) is 7.42. The molecule has 1 amide bonds. The van der Waals surface area contributed by atoms with E-state index in [4.69, 9.17) is 4.74 Å². The van der Waals surface area contributed by atoms with Gasteiger partial charge in [-0.1, -0.05) is 46.5 Å². The summed E-state index contributed by atoms with van der Waals surface area (Å²) in [6, 6.07) is 0. The third-order valence-corrected chi connectivity index (χ3v) is 4.16. The van der Waals surface area contributed by atoms with E-state index < -0.39 is 0 Å². The first-order chi connectivity index (χ1) is 11.4. The third kappa shape index (κ3) is 11.6. The molecule has 1 saturated carbocycles. The van der Waals surface area contributed by atoms with Crippen LogP contribution in [-0.4, -0.2) is 51.3 Å². The van der Waals surface area contributed by atoms with Crippen LogP contribution in [0.15, 0.2) is 4.99 Å². The Morgan fingerprint density at radius 3 is 2.12 bits per heavy atom. The molecule has 0 heterocycles. The number of hydrogen-bond donors (Lipinski definition) is 3. The van der Waals surface area contributed by atoms with Gasteiger partial charge in [0.1, 0.15) is 0 Å². The molecule has 0 bridgehead atoms. The van der Waals surface area contributed by atoms with Crippen LogP contribution in [-0.2, 0) is 9.53 Å². The minimum Gasteiger partial charge on any atom is -0.376 e. The number of nitrogens with zero attached hydrogens (tertiary/aromatic N) is 1. The van der Waals surface area contributed by atoms with Crippen molar-refractivity contribution in [3.8, 4) is 0 Å². The molecule has 7 heteroatoms. The first-order valence-electron chi connectivity index (χ1n) is 9.28. The first kappa shape index (κ1) is 24.4. The topological polar surface area (TPSA) is 74.8 Å². The second-order valence-electron chi connectivity index (χ2n) is 7.42. The lowest BCUT2D eigenvalue weighted by Gasteiger charge is -2.19. The Kier molecular flexibility index (Phi) is 13.3. The molecule has 1 fully saturated rings. The lowest BCUT2D eigenvalue weighted by molar-refractivity contribution is -0.128. The van der Waals surface area contributed by atoms with Gasteiger partial charge in [0.2, 0.25) is 5.91 Å². The van der Waals surface area contributed by atoms with Gasteiger partial charge in [-0.25, -0.2) is 0 Å². The summed E-state index contributed by atoms with van der Waals surface area (Å²) in [4.78, 5) is 15.9. The fraction of sp³-hybridized carbons (Fsp3) is 0.889. The molecule has 1 rings (SSSR count). The van der Waals surface area contributed by atoms with Gasteiger partial charge < -0.3 is 20.7 Å². The van der Waals surface area contributed by atoms with Gasteiger partial charge in [-0.3, -0.25) is 9.79 Å². The van der Waals surface area contributed by atoms with Crippen LogP contribution in [0.5, 0.6) is 0 Å². The monoisotopic (exact) mass is 468 g/mol. The minimum absolute atomic E-state index is 0. The SMILES string of the molecule is CN=C(NCCNC(=O)C(C)(C)C)NCCOC1CCCCCC1.I. The maximum atomic E-state index is 11.8. The van der Waals surface area contributed by atoms with Crippen LogP contribution >= 0.6 is 24.0 Å². The summed E-state index contributed by atoms with van der Waals surface area (Å²) in [5.74, 6) is 0.800. The zero-order valence-corrected chi connectivity index (χ0v) is 18.7. The largest absolute Gasteiger partial charge is 0.376 e. The fourth-order valence-corrected chi connectivity index (χ4v) is 2.65. The quantitative estimate of drug-likeness (QED) is 0.177. The molecule has 0 atom stereocenters. The van der Waals surface area contributed by atoms with Crippen molar-refractivity contribution in [2.75, 3.05) is 33.3 Å². The molecule has 0 aromatic heterocycles. The number of hydrogen-bond acceptors (Lipinski definition) is 3. The van der Waals surface area contributed by atoms with Gasteiger partial charge in [-0.05, 0) is 12.8 Å². The average molecular weight is 468 g/mol. The number of ether oxygens (including phenoxy) is 1. The highest BCUT2D eigenvalue weighted by Gasteiger charge is 2.20. The molecule has 1 aliphatic rings. The van der Waals surface area contributed by atoms with E-state index in [1.165, 1.54) is 38.5 Å².